The second-order valence-electron chi connectivity index (χ2n) is 1.85. The number of ether oxygens (including phenoxy) is 1. The molecule has 1 N–H and O–H groups in total. The summed E-state index contributed by atoms with van der Waals surface area (Å²) in [5, 5.41) is 8.31. The number of hydrogen-bond acceptors (Lipinski definition) is 4. The lowest BCUT2D eigenvalue weighted by Crippen LogP contribution is -1.96. The molecule has 0 amide bonds. The smallest absolute Gasteiger partial charge is 0.217 e. The highest BCUT2D eigenvalue weighted by Crippen LogP contribution is 1.99. The number of aromatic nitrogens is 2. The van der Waals surface area contributed by atoms with Crippen LogP contribution in [0.25, 0.3) is 0 Å². The standard InChI is InChI=1S/C8H8N2O2/c11-5-1-2-6-12-8-3-4-9-7-10-8/h3-4,7,11H,5-6H2. The van der Waals surface area contributed by atoms with Crippen molar-refractivity contribution in [2.75, 3.05) is 13.2 Å². The fourth-order valence-corrected chi connectivity index (χ4v) is 0.581. The Morgan fingerprint density at radius 3 is 3.08 bits per heavy atom. The Labute approximate surface area is 70.2 Å². The minimum atomic E-state index is -0.146. The van der Waals surface area contributed by atoms with Gasteiger partial charge >= 0.3 is 0 Å². The second-order valence-corrected chi connectivity index (χ2v) is 1.85. The molecule has 0 saturated carbocycles. The molecule has 0 fully saturated rings. The van der Waals surface area contributed by atoms with Gasteiger partial charge in [0.05, 0.1) is 0 Å². The first-order valence-electron chi connectivity index (χ1n) is 3.39. The van der Waals surface area contributed by atoms with Crippen LogP contribution < -0.4 is 4.74 Å². The molecule has 0 spiro atoms. The van der Waals surface area contributed by atoms with Crippen molar-refractivity contribution in [3.8, 4) is 17.7 Å². The summed E-state index contributed by atoms with van der Waals surface area (Å²) in [7, 11) is 0. The van der Waals surface area contributed by atoms with Crippen LogP contribution in [0.3, 0.4) is 0 Å². The van der Waals surface area contributed by atoms with E-state index in [0.717, 1.165) is 0 Å². The van der Waals surface area contributed by atoms with E-state index < -0.39 is 0 Å². The van der Waals surface area contributed by atoms with Crippen LogP contribution in [-0.2, 0) is 0 Å². The summed E-state index contributed by atoms with van der Waals surface area (Å²) in [5.41, 5.74) is 0. The molecule has 1 heterocycles. The molecule has 1 rings (SSSR count). The van der Waals surface area contributed by atoms with Gasteiger partial charge in [0.1, 0.15) is 12.9 Å². The predicted octanol–water partition coefficient (Wildman–Crippen LogP) is -0.149. The quantitative estimate of drug-likeness (QED) is 0.618. The van der Waals surface area contributed by atoms with Crippen molar-refractivity contribution in [1.29, 1.82) is 0 Å². The minimum Gasteiger partial charge on any atom is -0.464 e. The van der Waals surface area contributed by atoms with Gasteiger partial charge in [0, 0.05) is 12.3 Å². The van der Waals surface area contributed by atoms with Gasteiger partial charge in [-0.05, 0) is 0 Å². The first-order valence-corrected chi connectivity index (χ1v) is 3.39. The summed E-state index contributed by atoms with van der Waals surface area (Å²) in [4.78, 5) is 7.54. The summed E-state index contributed by atoms with van der Waals surface area (Å²) in [6.45, 7) is 0.0880. The third-order valence-corrected chi connectivity index (χ3v) is 1.05. The zero-order valence-electron chi connectivity index (χ0n) is 6.40. The largest absolute Gasteiger partial charge is 0.464 e. The van der Waals surface area contributed by atoms with Gasteiger partial charge in [-0.1, -0.05) is 11.8 Å². The van der Waals surface area contributed by atoms with Crippen LogP contribution in [0.15, 0.2) is 18.6 Å². The van der Waals surface area contributed by atoms with E-state index in [0.29, 0.717) is 5.88 Å². The summed E-state index contributed by atoms with van der Waals surface area (Å²) >= 11 is 0. The molecule has 62 valence electrons. The van der Waals surface area contributed by atoms with Crippen molar-refractivity contribution in [2.45, 2.75) is 0 Å². The van der Waals surface area contributed by atoms with E-state index in [2.05, 4.69) is 21.8 Å². The van der Waals surface area contributed by atoms with E-state index >= 15 is 0 Å². The molecular formula is C8H8N2O2. The normalized spacial score (nSPS) is 8.42. The highest BCUT2D eigenvalue weighted by Gasteiger charge is 1.88. The van der Waals surface area contributed by atoms with E-state index in [1.54, 1.807) is 12.3 Å². The monoisotopic (exact) mass is 164 g/mol. The molecule has 0 unspecified atom stereocenters. The van der Waals surface area contributed by atoms with Crippen molar-refractivity contribution >= 4 is 0 Å². The first kappa shape index (κ1) is 8.50. The summed E-state index contributed by atoms with van der Waals surface area (Å²) in [6.07, 6.45) is 2.98. The third kappa shape index (κ3) is 2.99. The number of rotatable bonds is 2. The van der Waals surface area contributed by atoms with E-state index in [4.69, 9.17) is 9.84 Å². The Balaban J connectivity index is 2.34. The van der Waals surface area contributed by atoms with Crippen LogP contribution in [0.1, 0.15) is 0 Å². The molecule has 4 nitrogen and oxygen atoms in total. The average Bonchev–Trinajstić information content (AvgIpc) is 2.14. The highest BCUT2D eigenvalue weighted by molar-refractivity contribution is 5.07. The van der Waals surface area contributed by atoms with Gasteiger partial charge in [-0.15, -0.1) is 0 Å². The van der Waals surface area contributed by atoms with Crippen molar-refractivity contribution in [1.82, 2.24) is 9.97 Å². The van der Waals surface area contributed by atoms with Crippen LogP contribution in [0, 0.1) is 11.8 Å². The molecule has 1 aromatic heterocycles. The first-order chi connectivity index (χ1) is 5.93. The Bertz CT molecular complexity index is 276. The molecule has 0 aliphatic carbocycles. The number of nitrogens with zero attached hydrogens (tertiary/aromatic N) is 2. The highest BCUT2D eigenvalue weighted by atomic mass is 16.5. The van der Waals surface area contributed by atoms with Gasteiger partial charge in [-0.3, -0.25) is 0 Å². The van der Waals surface area contributed by atoms with Crippen molar-refractivity contribution < 1.29 is 9.84 Å². The molecule has 12 heavy (non-hydrogen) atoms. The van der Waals surface area contributed by atoms with E-state index in [9.17, 15) is 0 Å². The van der Waals surface area contributed by atoms with E-state index in [1.165, 1.54) is 6.33 Å². The topological polar surface area (TPSA) is 55.2 Å². The molecule has 0 aliphatic rings. The van der Waals surface area contributed by atoms with Crippen molar-refractivity contribution in [3.63, 3.8) is 0 Å². The molecule has 0 radical (unpaired) electrons. The lowest BCUT2D eigenvalue weighted by Gasteiger charge is -1.97. The zero-order valence-corrected chi connectivity index (χ0v) is 6.40. The second kappa shape index (κ2) is 5.10. The van der Waals surface area contributed by atoms with Gasteiger partial charge in [0.2, 0.25) is 5.88 Å². The molecule has 0 atom stereocenters. The van der Waals surface area contributed by atoms with Crippen LogP contribution in [0.5, 0.6) is 5.88 Å². The van der Waals surface area contributed by atoms with Crippen LogP contribution >= 0.6 is 0 Å². The Hall–Kier alpha value is -1.60. The average molecular weight is 164 g/mol. The molecule has 0 bridgehead atoms. The summed E-state index contributed by atoms with van der Waals surface area (Å²) in [6, 6.07) is 1.64. The number of aliphatic hydroxyl groups excluding tert-OH is 1. The van der Waals surface area contributed by atoms with Gasteiger partial charge in [0.25, 0.3) is 0 Å². The Morgan fingerprint density at radius 2 is 2.42 bits per heavy atom. The number of aliphatic hydroxyl groups is 1. The molecular weight excluding hydrogens is 156 g/mol. The molecule has 0 aliphatic heterocycles. The van der Waals surface area contributed by atoms with Gasteiger partial charge in [-0.25, -0.2) is 9.97 Å². The maximum Gasteiger partial charge on any atom is 0.217 e. The predicted molar refractivity (Wildman–Crippen MR) is 42.4 cm³/mol. The molecule has 1 aromatic rings. The Kier molecular flexibility index (Phi) is 3.61. The summed E-state index contributed by atoms with van der Waals surface area (Å²) < 4.78 is 5.07. The minimum absolute atomic E-state index is 0.146. The lowest BCUT2D eigenvalue weighted by atomic mass is 10.6. The maximum absolute atomic E-state index is 8.31. The molecule has 0 aromatic carbocycles. The van der Waals surface area contributed by atoms with Crippen molar-refractivity contribution in [3.05, 3.63) is 18.6 Å². The van der Waals surface area contributed by atoms with Crippen molar-refractivity contribution in [2.24, 2.45) is 0 Å². The van der Waals surface area contributed by atoms with Crippen LogP contribution in [0.2, 0.25) is 0 Å². The molecule has 4 heteroatoms. The maximum atomic E-state index is 8.31. The third-order valence-electron chi connectivity index (χ3n) is 1.05. The fourth-order valence-electron chi connectivity index (χ4n) is 0.581. The van der Waals surface area contributed by atoms with Gasteiger partial charge < -0.3 is 9.84 Å². The fraction of sp³-hybridized carbons (Fsp3) is 0.250. The zero-order chi connectivity index (χ0) is 8.65. The number of hydrogen-bond donors (Lipinski definition) is 1. The Morgan fingerprint density at radius 1 is 1.50 bits per heavy atom. The SMILES string of the molecule is OCC#CCOc1ccncn1. The van der Waals surface area contributed by atoms with Crippen LogP contribution in [0.4, 0.5) is 0 Å². The summed E-state index contributed by atoms with van der Waals surface area (Å²) in [5.74, 6) is 5.54. The molecule has 0 saturated heterocycles. The van der Waals surface area contributed by atoms with E-state index in [1.807, 2.05) is 0 Å². The van der Waals surface area contributed by atoms with Crippen LogP contribution in [-0.4, -0.2) is 28.3 Å². The van der Waals surface area contributed by atoms with Gasteiger partial charge in [-0.2, -0.15) is 0 Å². The van der Waals surface area contributed by atoms with E-state index in [-0.39, 0.29) is 13.2 Å². The van der Waals surface area contributed by atoms with Gasteiger partial charge in [0.15, 0.2) is 6.61 Å². The lowest BCUT2D eigenvalue weighted by molar-refractivity contribution is 0.344.